The minimum absolute atomic E-state index is 0.0751. The molecule has 2 aromatic carbocycles. The van der Waals surface area contributed by atoms with Gasteiger partial charge in [0.05, 0.1) is 11.1 Å². The van der Waals surface area contributed by atoms with Crippen molar-refractivity contribution < 1.29 is 37.4 Å². The zero-order chi connectivity index (χ0) is 27.2. The van der Waals surface area contributed by atoms with Crippen LogP contribution in [0.5, 0.6) is 5.75 Å². The molecule has 0 atom stereocenters. The molecule has 0 aliphatic carbocycles. The highest BCUT2D eigenvalue weighted by Gasteiger charge is 2.38. The lowest BCUT2D eigenvalue weighted by atomic mass is 9.96. The van der Waals surface area contributed by atoms with Crippen LogP contribution in [0.15, 0.2) is 66.8 Å². The molecule has 8 nitrogen and oxygen atoms in total. The van der Waals surface area contributed by atoms with Gasteiger partial charge < -0.3 is 20.6 Å². The first kappa shape index (κ1) is 27.1. The Morgan fingerprint density at radius 1 is 1.19 bits per heavy atom. The number of H-pyrrole nitrogens is 1. The summed E-state index contributed by atoms with van der Waals surface area (Å²) >= 11 is 1.52. The number of thiazole rings is 1. The molecular weight excluding hydrogens is 511 g/mol. The second kappa shape index (κ2) is 11.5. The fourth-order valence-electron chi connectivity index (χ4n) is 3.36. The van der Waals surface area contributed by atoms with E-state index in [9.17, 15) is 22.8 Å². The summed E-state index contributed by atoms with van der Waals surface area (Å²) in [7, 11) is 0. The average Bonchev–Trinajstić information content (AvgIpc) is 3.54. The zero-order valence-corrected chi connectivity index (χ0v) is 19.9. The van der Waals surface area contributed by atoms with Crippen molar-refractivity contribution in [3.05, 3.63) is 83.0 Å². The molecule has 2 heterocycles. The lowest BCUT2D eigenvalue weighted by Crippen LogP contribution is -2.21. The van der Waals surface area contributed by atoms with Gasteiger partial charge in [0.2, 0.25) is 0 Å². The highest BCUT2D eigenvalue weighted by Crippen LogP contribution is 2.33. The number of alkyl halides is 3. The van der Waals surface area contributed by atoms with E-state index in [1.165, 1.54) is 17.4 Å². The maximum Gasteiger partial charge on any atom is 0.490 e. The number of hydrogen-bond acceptors (Lipinski definition) is 6. The summed E-state index contributed by atoms with van der Waals surface area (Å²) in [6, 6.07) is 11.2. The van der Waals surface area contributed by atoms with Crippen molar-refractivity contribution in [1.82, 2.24) is 9.97 Å². The minimum Gasteiger partial charge on any atom is -0.486 e. The monoisotopic (exact) mass is 531 g/mol. The first-order valence-electron chi connectivity index (χ1n) is 10.5. The van der Waals surface area contributed by atoms with Crippen molar-refractivity contribution in [3.8, 4) is 16.9 Å². The van der Waals surface area contributed by atoms with E-state index in [0.717, 1.165) is 27.1 Å². The summed E-state index contributed by atoms with van der Waals surface area (Å²) < 4.78 is 37.7. The van der Waals surface area contributed by atoms with Crippen molar-refractivity contribution in [2.75, 3.05) is 0 Å². The Labute approximate surface area is 212 Å². The van der Waals surface area contributed by atoms with Gasteiger partial charge in [0.15, 0.2) is 5.78 Å². The Hall–Kier alpha value is -4.45. The summed E-state index contributed by atoms with van der Waals surface area (Å²) in [4.78, 5) is 39.9. The van der Waals surface area contributed by atoms with Crippen LogP contribution in [-0.4, -0.2) is 38.9 Å². The topological polar surface area (TPSA) is 135 Å². The molecule has 0 saturated heterocycles. The Kier molecular flexibility index (Phi) is 8.45. The maximum atomic E-state index is 12.0. The van der Waals surface area contributed by atoms with Gasteiger partial charge in [-0.1, -0.05) is 18.7 Å². The SMILES string of the molecule is C=CC(=O)Cc1cc(OCc2nccs2)cc(-c2ccc(C(N)=O)c3[nH]ccc23)c1.O=C(O)C(F)(F)F. The van der Waals surface area contributed by atoms with E-state index in [-0.39, 0.29) is 12.2 Å². The van der Waals surface area contributed by atoms with Crippen LogP contribution in [0.4, 0.5) is 13.2 Å². The Morgan fingerprint density at radius 2 is 1.92 bits per heavy atom. The molecule has 0 bridgehead atoms. The third-order valence-corrected chi connectivity index (χ3v) is 5.71. The number of benzene rings is 2. The number of fused-ring (bicyclic) bond motifs is 1. The third kappa shape index (κ3) is 7.04. The van der Waals surface area contributed by atoms with Gasteiger partial charge in [-0.05, 0) is 47.0 Å². The number of nitrogens with zero attached hydrogens (tertiary/aromatic N) is 1. The van der Waals surface area contributed by atoms with E-state index in [4.69, 9.17) is 20.4 Å². The van der Waals surface area contributed by atoms with Gasteiger partial charge in [-0.25, -0.2) is 9.78 Å². The summed E-state index contributed by atoms with van der Waals surface area (Å²) in [5.74, 6) is -2.69. The predicted molar refractivity (Wildman–Crippen MR) is 131 cm³/mol. The number of carbonyl (C=O) groups excluding carboxylic acids is 2. The van der Waals surface area contributed by atoms with Gasteiger partial charge in [0.1, 0.15) is 17.4 Å². The molecule has 12 heteroatoms. The normalized spacial score (nSPS) is 10.9. The quantitative estimate of drug-likeness (QED) is 0.277. The predicted octanol–water partition coefficient (Wildman–Crippen LogP) is 4.90. The van der Waals surface area contributed by atoms with Crippen molar-refractivity contribution in [2.24, 2.45) is 5.73 Å². The number of rotatable bonds is 8. The molecule has 0 aliphatic heterocycles. The molecule has 0 fully saturated rings. The van der Waals surface area contributed by atoms with Crippen LogP contribution in [0.3, 0.4) is 0 Å². The van der Waals surface area contributed by atoms with Gasteiger partial charge in [-0.3, -0.25) is 9.59 Å². The number of ketones is 1. The number of carbonyl (C=O) groups is 3. The maximum absolute atomic E-state index is 12.0. The van der Waals surface area contributed by atoms with E-state index >= 15 is 0 Å². The average molecular weight is 532 g/mol. The van der Waals surface area contributed by atoms with E-state index in [2.05, 4.69) is 16.5 Å². The smallest absolute Gasteiger partial charge is 0.486 e. The van der Waals surface area contributed by atoms with Crippen LogP contribution in [0.1, 0.15) is 20.9 Å². The molecular formula is C25H20F3N3O5S. The van der Waals surface area contributed by atoms with Crippen LogP contribution >= 0.6 is 11.3 Å². The minimum atomic E-state index is -5.08. The number of allylic oxidation sites excluding steroid dienone is 1. The molecule has 4 aromatic rings. The number of aromatic amines is 1. The molecule has 0 spiro atoms. The van der Waals surface area contributed by atoms with E-state index < -0.39 is 18.1 Å². The van der Waals surface area contributed by atoms with Crippen molar-refractivity contribution in [2.45, 2.75) is 19.2 Å². The number of carboxylic acid groups (broad SMARTS) is 1. The molecule has 0 saturated carbocycles. The van der Waals surface area contributed by atoms with E-state index in [0.29, 0.717) is 23.4 Å². The number of primary amides is 1. The van der Waals surface area contributed by atoms with Crippen LogP contribution in [0.2, 0.25) is 0 Å². The highest BCUT2D eigenvalue weighted by molar-refractivity contribution is 7.09. The Morgan fingerprint density at radius 3 is 2.51 bits per heavy atom. The molecule has 0 aliphatic rings. The number of ether oxygens (including phenoxy) is 1. The Bertz CT molecular complexity index is 1450. The number of amides is 1. The standard InChI is InChI=1S/C23H19N3O3S.C2HF3O2/c1-2-16(27)10-14-9-15(12-17(11-14)29-13-21-25-7-8-30-21)18-3-4-20(23(24)28)22-19(18)5-6-26-22;3-2(4,5)1(6)7/h2-9,11-12,26H,1,10,13H2,(H2,24,28);(H,6,7). The van der Waals surface area contributed by atoms with E-state index in [1.807, 2.05) is 35.7 Å². The van der Waals surface area contributed by atoms with Gasteiger partial charge in [0, 0.05) is 29.6 Å². The lowest BCUT2D eigenvalue weighted by Gasteiger charge is -2.12. The van der Waals surface area contributed by atoms with Crippen molar-refractivity contribution in [3.63, 3.8) is 0 Å². The zero-order valence-electron chi connectivity index (χ0n) is 19.0. The number of aromatic nitrogens is 2. The molecule has 0 unspecified atom stereocenters. The largest absolute Gasteiger partial charge is 0.490 e. The summed E-state index contributed by atoms with van der Waals surface area (Å²) in [6.07, 6.45) is -0.0438. The fourth-order valence-corrected chi connectivity index (χ4v) is 3.89. The van der Waals surface area contributed by atoms with Crippen LogP contribution in [-0.2, 0) is 22.6 Å². The fraction of sp³-hybridized carbons (Fsp3) is 0.120. The van der Waals surface area contributed by atoms with Crippen molar-refractivity contribution >= 4 is 39.9 Å². The lowest BCUT2D eigenvalue weighted by molar-refractivity contribution is -0.192. The Balaban J connectivity index is 0.000000479. The number of hydrogen-bond donors (Lipinski definition) is 3. The van der Waals surface area contributed by atoms with Gasteiger partial charge in [-0.2, -0.15) is 13.2 Å². The summed E-state index contributed by atoms with van der Waals surface area (Å²) in [5.41, 5.74) is 9.20. The van der Waals surface area contributed by atoms with Gasteiger partial charge in [0.25, 0.3) is 5.91 Å². The van der Waals surface area contributed by atoms with Crippen LogP contribution in [0, 0.1) is 0 Å². The number of carboxylic acids is 1. The molecule has 192 valence electrons. The highest BCUT2D eigenvalue weighted by atomic mass is 32.1. The second-order valence-corrected chi connectivity index (χ2v) is 8.50. The first-order chi connectivity index (χ1) is 17.5. The summed E-state index contributed by atoms with van der Waals surface area (Å²) in [5, 5.41) is 10.7. The first-order valence-corrected chi connectivity index (χ1v) is 11.4. The molecule has 4 rings (SSSR count). The third-order valence-electron chi connectivity index (χ3n) is 4.96. The number of halogens is 3. The van der Waals surface area contributed by atoms with Crippen molar-refractivity contribution in [1.29, 1.82) is 0 Å². The molecule has 37 heavy (non-hydrogen) atoms. The molecule has 0 radical (unpaired) electrons. The molecule has 1 amide bonds. The van der Waals surface area contributed by atoms with E-state index in [1.54, 1.807) is 18.5 Å². The van der Waals surface area contributed by atoms with Crippen LogP contribution in [0.25, 0.3) is 22.0 Å². The van der Waals surface area contributed by atoms with Gasteiger partial charge in [-0.15, -0.1) is 11.3 Å². The van der Waals surface area contributed by atoms with Crippen LogP contribution < -0.4 is 10.5 Å². The number of aliphatic carboxylic acids is 1. The number of nitrogens with two attached hydrogens (primary N) is 1. The molecule has 2 aromatic heterocycles. The molecule has 4 N–H and O–H groups in total. The number of nitrogens with one attached hydrogen (secondary N) is 1. The van der Waals surface area contributed by atoms with Gasteiger partial charge >= 0.3 is 12.1 Å². The second-order valence-electron chi connectivity index (χ2n) is 7.52. The summed E-state index contributed by atoms with van der Waals surface area (Å²) in [6.45, 7) is 3.90.